The van der Waals surface area contributed by atoms with Crippen LogP contribution in [0, 0.1) is 5.92 Å². The highest BCUT2D eigenvalue weighted by Crippen LogP contribution is 2.35. The Kier molecular flexibility index (Phi) is 4.73. The van der Waals surface area contributed by atoms with Crippen LogP contribution in [0.25, 0.3) is 0 Å². The number of benzene rings is 1. The molecule has 1 aromatic rings. The molecule has 0 radical (unpaired) electrons. The lowest BCUT2D eigenvalue weighted by Crippen LogP contribution is -2.13. The molecule has 0 saturated heterocycles. The maximum atomic E-state index is 3.45. The van der Waals surface area contributed by atoms with Crippen molar-refractivity contribution in [2.24, 2.45) is 5.92 Å². The van der Waals surface area contributed by atoms with Crippen molar-refractivity contribution in [3.8, 4) is 0 Å². The van der Waals surface area contributed by atoms with Crippen LogP contribution in [0.4, 0.5) is 0 Å². The van der Waals surface area contributed by atoms with Gasteiger partial charge in [-0.25, -0.2) is 0 Å². The molecule has 2 heteroatoms. The summed E-state index contributed by atoms with van der Waals surface area (Å²) < 4.78 is 0. The van der Waals surface area contributed by atoms with Crippen LogP contribution in [0.15, 0.2) is 29.2 Å². The van der Waals surface area contributed by atoms with Gasteiger partial charge in [0, 0.05) is 17.2 Å². The molecule has 16 heavy (non-hydrogen) atoms. The Labute approximate surface area is 103 Å². The molecule has 1 saturated carbocycles. The van der Waals surface area contributed by atoms with Gasteiger partial charge in [-0.3, -0.25) is 0 Å². The van der Waals surface area contributed by atoms with E-state index in [1.165, 1.54) is 35.5 Å². The first-order valence-electron chi connectivity index (χ1n) is 6.31. The molecule has 0 aliphatic heterocycles. The van der Waals surface area contributed by atoms with Gasteiger partial charge in [0.2, 0.25) is 0 Å². The van der Waals surface area contributed by atoms with Crippen molar-refractivity contribution in [3.05, 3.63) is 29.8 Å². The molecule has 2 rings (SSSR count). The van der Waals surface area contributed by atoms with E-state index < -0.39 is 0 Å². The Balaban J connectivity index is 1.80. The fourth-order valence-corrected chi connectivity index (χ4v) is 2.82. The minimum Gasteiger partial charge on any atom is -0.313 e. The SMILES string of the molecule is CCCNCc1cccc(SCC2CC2)c1. The van der Waals surface area contributed by atoms with E-state index in [9.17, 15) is 0 Å². The molecule has 0 aromatic heterocycles. The highest BCUT2D eigenvalue weighted by Gasteiger charge is 2.20. The minimum atomic E-state index is 1.01. The van der Waals surface area contributed by atoms with Gasteiger partial charge in [-0.2, -0.15) is 0 Å². The standard InChI is InChI=1S/C14H21NS/c1-2-8-15-10-13-4-3-5-14(9-13)16-11-12-6-7-12/h3-5,9,12,15H,2,6-8,10-11H2,1H3. The summed E-state index contributed by atoms with van der Waals surface area (Å²) in [5, 5.41) is 3.45. The monoisotopic (exact) mass is 235 g/mol. The molecule has 1 aromatic carbocycles. The summed E-state index contributed by atoms with van der Waals surface area (Å²) in [6.45, 7) is 4.32. The Bertz CT molecular complexity index is 320. The average Bonchev–Trinajstić information content (AvgIpc) is 3.11. The zero-order valence-electron chi connectivity index (χ0n) is 10.0. The van der Waals surface area contributed by atoms with Gasteiger partial charge in [0.05, 0.1) is 0 Å². The maximum Gasteiger partial charge on any atom is 0.0205 e. The highest BCUT2D eigenvalue weighted by molar-refractivity contribution is 7.99. The third kappa shape index (κ3) is 4.18. The van der Waals surface area contributed by atoms with Crippen LogP contribution in [0.5, 0.6) is 0 Å². The Morgan fingerprint density at radius 2 is 2.25 bits per heavy atom. The summed E-state index contributed by atoms with van der Waals surface area (Å²) in [7, 11) is 0. The molecular weight excluding hydrogens is 214 g/mol. The topological polar surface area (TPSA) is 12.0 Å². The molecule has 0 spiro atoms. The van der Waals surface area contributed by atoms with E-state index in [2.05, 4.69) is 36.5 Å². The predicted molar refractivity (Wildman–Crippen MR) is 71.9 cm³/mol. The lowest BCUT2D eigenvalue weighted by atomic mass is 10.2. The van der Waals surface area contributed by atoms with Crippen molar-refractivity contribution in [1.82, 2.24) is 5.32 Å². The molecule has 1 N–H and O–H groups in total. The first-order valence-corrected chi connectivity index (χ1v) is 7.29. The summed E-state index contributed by atoms with van der Waals surface area (Å²) in [5.74, 6) is 2.32. The Morgan fingerprint density at radius 1 is 1.38 bits per heavy atom. The Hall–Kier alpha value is -0.470. The molecular formula is C14H21NS. The van der Waals surface area contributed by atoms with Crippen LogP contribution < -0.4 is 5.32 Å². The lowest BCUT2D eigenvalue weighted by molar-refractivity contribution is 0.674. The molecule has 0 bridgehead atoms. The molecule has 1 nitrogen and oxygen atoms in total. The van der Waals surface area contributed by atoms with Crippen molar-refractivity contribution in [3.63, 3.8) is 0 Å². The third-order valence-electron chi connectivity index (χ3n) is 2.84. The van der Waals surface area contributed by atoms with Gasteiger partial charge < -0.3 is 5.32 Å². The molecule has 1 fully saturated rings. The second-order valence-electron chi connectivity index (χ2n) is 4.58. The average molecular weight is 235 g/mol. The second-order valence-corrected chi connectivity index (χ2v) is 5.67. The highest BCUT2D eigenvalue weighted by atomic mass is 32.2. The Morgan fingerprint density at radius 3 is 3.00 bits per heavy atom. The van der Waals surface area contributed by atoms with Gasteiger partial charge in [0.25, 0.3) is 0 Å². The van der Waals surface area contributed by atoms with E-state index in [0.29, 0.717) is 0 Å². The summed E-state index contributed by atoms with van der Waals surface area (Å²) in [4.78, 5) is 1.43. The van der Waals surface area contributed by atoms with Crippen LogP contribution in [0.1, 0.15) is 31.7 Å². The second kappa shape index (κ2) is 6.31. The van der Waals surface area contributed by atoms with E-state index in [4.69, 9.17) is 0 Å². The van der Waals surface area contributed by atoms with E-state index in [1.807, 2.05) is 11.8 Å². The van der Waals surface area contributed by atoms with Gasteiger partial charge in [-0.05, 0) is 49.4 Å². The number of thioether (sulfide) groups is 1. The fourth-order valence-electron chi connectivity index (χ4n) is 1.65. The van der Waals surface area contributed by atoms with Gasteiger partial charge >= 0.3 is 0 Å². The van der Waals surface area contributed by atoms with E-state index >= 15 is 0 Å². The third-order valence-corrected chi connectivity index (χ3v) is 4.06. The minimum absolute atomic E-state index is 1.01. The number of nitrogens with one attached hydrogen (secondary N) is 1. The first kappa shape index (κ1) is 12.0. The smallest absolute Gasteiger partial charge is 0.0205 e. The summed E-state index contributed by atoms with van der Waals surface area (Å²) in [5.41, 5.74) is 1.41. The lowest BCUT2D eigenvalue weighted by Gasteiger charge is -2.06. The largest absolute Gasteiger partial charge is 0.313 e. The van der Waals surface area contributed by atoms with Crippen LogP contribution in [0.2, 0.25) is 0 Å². The quantitative estimate of drug-likeness (QED) is 0.571. The van der Waals surface area contributed by atoms with Crippen molar-refractivity contribution in [2.75, 3.05) is 12.3 Å². The molecule has 1 aliphatic rings. The van der Waals surface area contributed by atoms with Gasteiger partial charge in [-0.15, -0.1) is 11.8 Å². The van der Waals surface area contributed by atoms with Crippen LogP contribution in [0.3, 0.4) is 0 Å². The number of hydrogen-bond acceptors (Lipinski definition) is 2. The van der Waals surface area contributed by atoms with Crippen LogP contribution in [-0.2, 0) is 6.54 Å². The number of rotatable bonds is 7. The molecule has 88 valence electrons. The van der Waals surface area contributed by atoms with E-state index in [-0.39, 0.29) is 0 Å². The van der Waals surface area contributed by atoms with Crippen LogP contribution >= 0.6 is 11.8 Å². The first-order chi connectivity index (χ1) is 7.88. The molecule has 0 amide bonds. The predicted octanol–water partition coefficient (Wildman–Crippen LogP) is 3.69. The summed E-state index contributed by atoms with van der Waals surface area (Å²) in [6.07, 6.45) is 4.10. The van der Waals surface area contributed by atoms with Gasteiger partial charge in [0.1, 0.15) is 0 Å². The van der Waals surface area contributed by atoms with Crippen LogP contribution in [-0.4, -0.2) is 12.3 Å². The van der Waals surface area contributed by atoms with Crippen molar-refractivity contribution in [1.29, 1.82) is 0 Å². The van der Waals surface area contributed by atoms with Gasteiger partial charge in [0.15, 0.2) is 0 Å². The van der Waals surface area contributed by atoms with Crippen molar-refractivity contribution in [2.45, 2.75) is 37.6 Å². The number of hydrogen-bond donors (Lipinski definition) is 1. The van der Waals surface area contributed by atoms with Crippen molar-refractivity contribution < 1.29 is 0 Å². The summed E-state index contributed by atoms with van der Waals surface area (Å²) in [6, 6.07) is 8.95. The maximum absolute atomic E-state index is 3.45. The zero-order valence-corrected chi connectivity index (χ0v) is 10.9. The zero-order chi connectivity index (χ0) is 11.2. The van der Waals surface area contributed by atoms with E-state index in [0.717, 1.165) is 19.0 Å². The molecule has 0 heterocycles. The summed E-state index contributed by atoms with van der Waals surface area (Å²) >= 11 is 2.02. The normalized spacial score (nSPS) is 15.3. The fraction of sp³-hybridized carbons (Fsp3) is 0.571. The van der Waals surface area contributed by atoms with E-state index in [1.54, 1.807) is 0 Å². The molecule has 0 unspecified atom stereocenters. The molecule has 0 atom stereocenters. The molecule has 1 aliphatic carbocycles. The van der Waals surface area contributed by atoms with Gasteiger partial charge in [-0.1, -0.05) is 19.1 Å². The van der Waals surface area contributed by atoms with Crippen molar-refractivity contribution >= 4 is 11.8 Å².